The molecule has 1 aromatic carbocycles. The summed E-state index contributed by atoms with van der Waals surface area (Å²) >= 11 is 0. The molecule has 0 fully saturated rings. The average molecular weight is 178 g/mol. The van der Waals surface area contributed by atoms with Crippen molar-refractivity contribution in [1.82, 2.24) is 0 Å². The molecular formula is C11H14O2. The number of hydrogen-bond acceptors (Lipinski definition) is 2. The molecule has 0 saturated heterocycles. The fraction of sp³-hybridized carbons (Fsp3) is 0.364. The second-order valence-electron chi connectivity index (χ2n) is 2.84. The summed E-state index contributed by atoms with van der Waals surface area (Å²) in [6.07, 6.45) is 0.473. The molecule has 0 N–H and O–H groups in total. The van der Waals surface area contributed by atoms with E-state index >= 15 is 0 Å². The van der Waals surface area contributed by atoms with Crippen LogP contribution >= 0.6 is 0 Å². The van der Waals surface area contributed by atoms with E-state index in [1.54, 1.807) is 0 Å². The van der Waals surface area contributed by atoms with Crippen molar-refractivity contribution in [3.8, 4) is 0 Å². The van der Waals surface area contributed by atoms with Crippen LogP contribution in [0.3, 0.4) is 0 Å². The second-order valence-corrected chi connectivity index (χ2v) is 2.84. The van der Waals surface area contributed by atoms with E-state index in [2.05, 4.69) is 0 Å². The standard InChI is InChI=1S/C11H14O2/c1-2-13-9-11(12)8-10-6-4-3-5-7-10/h3-7H,2,8-9H2,1H3. The lowest BCUT2D eigenvalue weighted by atomic mass is 10.1. The summed E-state index contributed by atoms with van der Waals surface area (Å²) in [5.41, 5.74) is 1.05. The number of benzene rings is 1. The maximum Gasteiger partial charge on any atom is 0.162 e. The molecule has 0 saturated carbocycles. The summed E-state index contributed by atoms with van der Waals surface area (Å²) in [7, 11) is 0. The third-order valence-electron chi connectivity index (χ3n) is 1.71. The minimum Gasteiger partial charge on any atom is -0.374 e. The van der Waals surface area contributed by atoms with Crippen LogP contribution in [0.4, 0.5) is 0 Å². The molecule has 70 valence electrons. The fourth-order valence-electron chi connectivity index (χ4n) is 1.09. The van der Waals surface area contributed by atoms with Crippen molar-refractivity contribution in [2.75, 3.05) is 13.2 Å². The SMILES string of the molecule is CCOCC(=O)Cc1ccccc1. The number of Topliss-reactive ketones (excluding diaryl/α,β-unsaturated/α-hetero) is 1. The predicted molar refractivity (Wildman–Crippen MR) is 51.6 cm³/mol. The summed E-state index contributed by atoms with van der Waals surface area (Å²) in [6, 6.07) is 9.71. The lowest BCUT2D eigenvalue weighted by Gasteiger charge is -2.00. The number of carbonyl (C=O) groups is 1. The molecule has 0 atom stereocenters. The van der Waals surface area contributed by atoms with E-state index in [0.29, 0.717) is 13.0 Å². The molecule has 0 aliphatic carbocycles. The lowest BCUT2D eigenvalue weighted by molar-refractivity contribution is -0.122. The van der Waals surface area contributed by atoms with Gasteiger partial charge in [-0.25, -0.2) is 0 Å². The predicted octanol–water partition coefficient (Wildman–Crippen LogP) is 1.83. The Morgan fingerprint density at radius 3 is 2.62 bits per heavy atom. The van der Waals surface area contributed by atoms with E-state index in [-0.39, 0.29) is 12.4 Å². The Kier molecular flexibility index (Phi) is 4.19. The van der Waals surface area contributed by atoms with Crippen LogP contribution in [0.25, 0.3) is 0 Å². The van der Waals surface area contributed by atoms with Gasteiger partial charge < -0.3 is 4.74 Å². The lowest BCUT2D eigenvalue weighted by Crippen LogP contribution is -2.11. The smallest absolute Gasteiger partial charge is 0.162 e. The van der Waals surface area contributed by atoms with Gasteiger partial charge in [-0.1, -0.05) is 30.3 Å². The minimum absolute atomic E-state index is 0.132. The first-order valence-electron chi connectivity index (χ1n) is 4.46. The van der Waals surface area contributed by atoms with Gasteiger partial charge in [-0.05, 0) is 12.5 Å². The summed E-state index contributed by atoms with van der Waals surface area (Å²) in [5, 5.41) is 0. The molecule has 0 aliphatic rings. The van der Waals surface area contributed by atoms with E-state index < -0.39 is 0 Å². The van der Waals surface area contributed by atoms with Gasteiger partial charge in [0.2, 0.25) is 0 Å². The zero-order valence-electron chi connectivity index (χ0n) is 7.82. The van der Waals surface area contributed by atoms with Crippen LogP contribution in [0.1, 0.15) is 12.5 Å². The highest BCUT2D eigenvalue weighted by Crippen LogP contribution is 2.00. The van der Waals surface area contributed by atoms with E-state index in [4.69, 9.17) is 4.74 Å². The maximum atomic E-state index is 11.2. The first-order chi connectivity index (χ1) is 6.33. The molecule has 2 heteroatoms. The number of ketones is 1. The quantitative estimate of drug-likeness (QED) is 0.687. The molecule has 1 rings (SSSR count). The van der Waals surface area contributed by atoms with Crippen LogP contribution in [0.15, 0.2) is 30.3 Å². The third-order valence-corrected chi connectivity index (χ3v) is 1.71. The van der Waals surface area contributed by atoms with E-state index in [1.165, 1.54) is 0 Å². The van der Waals surface area contributed by atoms with Crippen LogP contribution in [0.5, 0.6) is 0 Å². The van der Waals surface area contributed by atoms with Crippen molar-refractivity contribution in [2.24, 2.45) is 0 Å². The summed E-state index contributed by atoms with van der Waals surface area (Å²) in [5.74, 6) is 0.132. The van der Waals surface area contributed by atoms with Crippen LogP contribution in [0, 0.1) is 0 Å². The second kappa shape index (κ2) is 5.49. The number of carbonyl (C=O) groups excluding carboxylic acids is 1. The Hall–Kier alpha value is -1.15. The maximum absolute atomic E-state index is 11.2. The molecule has 0 spiro atoms. The normalized spacial score (nSPS) is 9.92. The zero-order valence-corrected chi connectivity index (χ0v) is 7.82. The van der Waals surface area contributed by atoms with Crippen LogP contribution in [-0.2, 0) is 16.0 Å². The van der Waals surface area contributed by atoms with E-state index in [9.17, 15) is 4.79 Å². The van der Waals surface area contributed by atoms with E-state index in [0.717, 1.165) is 5.56 Å². The van der Waals surface area contributed by atoms with Crippen LogP contribution < -0.4 is 0 Å². The summed E-state index contributed by atoms with van der Waals surface area (Å²) in [6.45, 7) is 2.71. The highest BCUT2D eigenvalue weighted by Gasteiger charge is 2.01. The van der Waals surface area contributed by atoms with Crippen molar-refractivity contribution in [3.63, 3.8) is 0 Å². The van der Waals surface area contributed by atoms with Gasteiger partial charge >= 0.3 is 0 Å². The molecule has 0 heterocycles. The Labute approximate surface area is 78.5 Å². The minimum atomic E-state index is 0.132. The van der Waals surface area contributed by atoms with Gasteiger partial charge in [-0.15, -0.1) is 0 Å². The molecule has 0 bridgehead atoms. The highest BCUT2D eigenvalue weighted by atomic mass is 16.5. The largest absolute Gasteiger partial charge is 0.374 e. The first kappa shape index (κ1) is 9.93. The Bertz CT molecular complexity index is 254. The topological polar surface area (TPSA) is 26.3 Å². The fourth-order valence-corrected chi connectivity index (χ4v) is 1.09. The molecule has 0 radical (unpaired) electrons. The molecule has 2 nitrogen and oxygen atoms in total. The van der Waals surface area contributed by atoms with Crippen molar-refractivity contribution < 1.29 is 9.53 Å². The van der Waals surface area contributed by atoms with Gasteiger partial charge in [0.25, 0.3) is 0 Å². The Balaban J connectivity index is 2.37. The molecule has 0 unspecified atom stereocenters. The van der Waals surface area contributed by atoms with Crippen molar-refractivity contribution in [3.05, 3.63) is 35.9 Å². The number of rotatable bonds is 5. The van der Waals surface area contributed by atoms with Crippen molar-refractivity contribution >= 4 is 5.78 Å². The highest BCUT2D eigenvalue weighted by molar-refractivity contribution is 5.81. The van der Waals surface area contributed by atoms with Gasteiger partial charge in [0, 0.05) is 13.0 Å². The van der Waals surface area contributed by atoms with E-state index in [1.807, 2.05) is 37.3 Å². The molecular weight excluding hydrogens is 164 g/mol. The van der Waals surface area contributed by atoms with Crippen molar-refractivity contribution in [2.45, 2.75) is 13.3 Å². The monoisotopic (exact) mass is 178 g/mol. The molecule has 1 aromatic rings. The van der Waals surface area contributed by atoms with Gasteiger partial charge in [0.05, 0.1) is 0 Å². The third kappa shape index (κ3) is 3.85. The van der Waals surface area contributed by atoms with Crippen LogP contribution in [0.2, 0.25) is 0 Å². The summed E-state index contributed by atoms with van der Waals surface area (Å²) < 4.78 is 5.02. The van der Waals surface area contributed by atoms with Gasteiger partial charge in [0.15, 0.2) is 5.78 Å². The van der Waals surface area contributed by atoms with Crippen molar-refractivity contribution in [1.29, 1.82) is 0 Å². The Morgan fingerprint density at radius 2 is 2.00 bits per heavy atom. The molecule has 0 amide bonds. The number of ether oxygens (including phenoxy) is 1. The number of hydrogen-bond donors (Lipinski definition) is 0. The van der Waals surface area contributed by atoms with Crippen LogP contribution in [-0.4, -0.2) is 19.0 Å². The van der Waals surface area contributed by atoms with Gasteiger partial charge in [-0.2, -0.15) is 0 Å². The molecule has 13 heavy (non-hydrogen) atoms. The van der Waals surface area contributed by atoms with Gasteiger partial charge in [0.1, 0.15) is 6.61 Å². The summed E-state index contributed by atoms with van der Waals surface area (Å²) in [4.78, 5) is 11.2. The molecule has 0 aliphatic heterocycles. The first-order valence-corrected chi connectivity index (χ1v) is 4.46. The van der Waals surface area contributed by atoms with Gasteiger partial charge in [-0.3, -0.25) is 4.79 Å². The molecule has 0 aromatic heterocycles. The Morgan fingerprint density at radius 1 is 1.31 bits per heavy atom. The average Bonchev–Trinajstić information content (AvgIpc) is 2.16. The zero-order chi connectivity index (χ0) is 9.52.